The molecule has 36 heavy (non-hydrogen) atoms. The maximum Gasteiger partial charge on any atom is 0.257 e. The molecule has 0 fully saturated rings. The molecule has 0 radical (unpaired) electrons. The van der Waals surface area contributed by atoms with Crippen molar-refractivity contribution in [2.45, 2.75) is 39.3 Å². The molecule has 1 atom stereocenters. The maximum absolute atomic E-state index is 13.4. The van der Waals surface area contributed by atoms with Crippen molar-refractivity contribution in [1.29, 1.82) is 0 Å². The van der Waals surface area contributed by atoms with Crippen molar-refractivity contribution in [1.82, 2.24) is 10.2 Å². The van der Waals surface area contributed by atoms with Gasteiger partial charge in [-0.15, -0.1) is 0 Å². The number of aryl methyl sites for hydroxylation is 2. The molecule has 0 saturated carbocycles. The van der Waals surface area contributed by atoms with Crippen molar-refractivity contribution in [3.05, 3.63) is 131 Å². The smallest absolute Gasteiger partial charge is 0.257 e. The molecule has 0 aliphatic carbocycles. The van der Waals surface area contributed by atoms with E-state index in [4.69, 9.17) is 4.42 Å². The molecule has 2 amide bonds. The number of hydrogen-bond acceptors (Lipinski definition) is 3. The van der Waals surface area contributed by atoms with Crippen LogP contribution in [0.1, 0.15) is 51.0 Å². The molecule has 184 valence electrons. The lowest BCUT2D eigenvalue weighted by Gasteiger charge is -2.24. The van der Waals surface area contributed by atoms with Gasteiger partial charge in [0.25, 0.3) is 5.91 Å². The molecule has 0 saturated heterocycles. The average molecular weight is 481 g/mol. The number of furan rings is 1. The molecular weight excluding hydrogens is 448 g/mol. The fourth-order valence-electron chi connectivity index (χ4n) is 4.36. The Morgan fingerprint density at radius 1 is 0.833 bits per heavy atom. The van der Waals surface area contributed by atoms with Crippen LogP contribution < -0.4 is 5.32 Å². The van der Waals surface area contributed by atoms with Crippen molar-refractivity contribution < 1.29 is 14.0 Å². The number of amides is 2. The fourth-order valence-corrected chi connectivity index (χ4v) is 4.36. The van der Waals surface area contributed by atoms with Gasteiger partial charge in [0.2, 0.25) is 5.91 Å². The molecule has 0 spiro atoms. The van der Waals surface area contributed by atoms with E-state index in [-0.39, 0.29) is 24.3 Å². The van der Waals surface area contributed by atoms with Gasteiger partial charge in [-0.05, 0) is 43.0 Å². The highest BCUT2D eigenvalue weighted by atomic mass is 16.3. The SMILES string of the molecule is Cc1cc(C(=O)N(CCC(=O)NC(Cc2ccccc2)c2ccccc2)Cc2ccccc2)c(C)o1. The second-order valence-corrected chi connectivity index (χ2v) is 9.01. The lowest BCUT2D eigenvalue weighted by atomic mass is 9.98. The summed E-state index contributed by atoms with van der Waals surface area (Å²) in [5, 5.41) is 3.20. The van der Waals surface area contributed by atoms with Gasteiger partial charge in [-0.1, -0.05) is 91.0 Å². The molecular formula is C31H32N2O3. The summed E-state index contributed by atoms with van der Waals surface area (Å²) in [6.07, 6.45) is 0.892. The second-order valence-electron chi connectivity index (χ2n) is 9.01. The Morgan fingerprint density at radius 3 is 2.00 bits per heavy atom. The lowest BCUT2D eigenvalue weighted by molar-refractivity contribution is -0.122. The third-order valence-corrected chi connectivity index (χ3v) is 6.20. The Bertz CT molecular complexity index is 1270. The first-order chi connectivity index (χ1) is 17.5. The summed E-state index contributed by atoms with van der Waals surface area (Å²) in [7, 11) is 0. The number of carbonyl (C=O) groups excluding carboxylic acids is 2. The summed E-state index contributed by atoms with van der Waals surface area (Å²) < 4.78 is 5.59. The van der Waals surface area contributed by atoms with Gasteiger partial charge in [-0.3, -0.25) is 9.59 Å². The van der Waals surface area contributed by atoms with Gasteiger partial charge in [-0.25, -0.2) is 0 Å². The Morgan fingerprint density at radius 2 is 1.42 bits per heavy atom. The second kappa shape index (κ2) is 12.0. The highest BCUT2D eigenvalue weighted by Crippen LogP contribution is 2.20. The highest BCUT2D eigenvalue weighted by molar-refractivity contribution is 5.95. The van der Waals surface area contributed by atoms with Gasteiger partial charge in [0.1, 0.15) is 11.5 Å². The normalized spacial score (nSPS) is 11.6. The topological polar surface area (TPSA) is 62.6 Å². The van der Waals surface area contributed by atoms with E-state index < -0.39 is 0 Å². The van der Waals surface area contributed by atoms with Gasteiger partial charge >= 0.3 is 0 Å². The van der Waals surface area contributed by atoms with E-state index in [2.05, 4.69) is 17.4 Å². The summed E-state index contributed by atoms with van der Waals surface area (Å²) >= 11 is 0. The van der Waals surface area contributed by atoms with E-state index in [9.17, 15) is 9.59 Å². The van der Waals surface area contributed by atoms with Crippen LogP contribution in [0, 0.1) is 13.8 Å². The van der Waals surface area contributed by atoms with Crippen molar-refractivity contribution in [2.75, 3.05) is 6.54 Å². The minimum Gasteiger partial charge on any atom is -0.466 e. The number of carbonyl (C=O) groups is 2. The summed E-state index contributed by atoms with van der Waals surface area (Å²) in [6, 6.07) is 31.6. The number of benzene rings is 3. The Balaban J connectivity index is 1.47. The Hall–Kier alpha value is -4.12. The molecule has 1 aromatic heterocycles. The summed E-state index contributed by atoms with van der Waals surface area (Å²) in [5.74, 6) is 1.06. The minimum atomic E-state index is -0.154. The first-order valence-corrected chi connectivity index (χ1v) is 12.3. The summed E-state index contributed by atoms with van der Waals surface area (Å²) in [6.45, 7) is 4.34. The third kappa shape index (κ3) is 6.72. The molecule has 0 aliphatic heterocycles. The molecule has 5 heteroatoms. The maximum atomic E-state index is 13.4. The minimum absolute atomic E-state index is 0.0919. The summed E-state index contributed by atoms with van der Waals surface area (Å²) in [4.78, 5) is 28.3. The molecule has 1 unspecified atom stereocenters. The fraction of sp³-hybridized carbons (Fsp3) is 0.226. The molecule has 4 rings (SSSR count). The van der Waals surface area contributed by atoms with E-state index in [1.54, 1.807) is 17.9 Å². The molecule has 5 nitrogen and oxygen atoms in total. The predicted molar refractivity (Wildman–Crippen MR) is 141 cm³/mol. The van der Waals surface area contributed by atoms with E-state index in [1.807, 2.05) is 85.8 Å². The van der Waals surface area contributed by atoms with E-state index in [0.717, 1.165) is 16.7 Å². The zero-order valence-electron chi connectivity index (χ0n) is 20.8. The van der Waals surface area contributed by atoms with Crippen LogP contribution in [-0.4, -0.2) is 23.3 Å². The first kappa shape index (κ1) is 25.0. The van der Waals surface area contributed by atoms with Crippen LogP contribution in [0.5, 0.6) is 0 Å². The van der Waals surface area contributed by atoms with E-state index >= 15 is 0 Å². The zero-order valence-corrected chi connectivity index (χ0v) is 20.8. The van der Waals surface area contributed by atoms with Crippen molar-refractivity contribution in [3.8, 4) is 0 Å². The van der Waals surface area contributed by atoms with Crippen LogP contribution in [0.15, 0.2) is 101 Å². The molecule has 3 aromatic carbocycles. The lowest BCUT2D eigenvalue weighted by Crippen LogP contribution is -2.36. The molecule has 4 aromatic rings. The molecule has 0 bridgehead atoms. The standard InChI is InChI=1S/C31H32N2O3/c1-23-20-28(24(2)36-23)31(35)33(22-26-14-8-4-9-15-26)19-18-30(34)32-29(27-16-10-5-11-17-27)21-25-12-6-3-7-13-25/h3-17,20,29H,18-19,21-22H2,1-2H3,(H,32,34). The van der Waals surface area contributed by atoms with Crippen LogP contribution in [-0.2, 0) is 17.8 Å². The largest absolute Gasteiger partial charge is 0.466 e. The Labute approximate surface area is 212 Å². The van der Waals surface area contributed by atoms with Crippen molar-refractivity contribution in [2.24, 2.45) is 0 Å². The highest BCUT2D eigenvalue weighted by Gasteiger charge is 2.22. The monoisotopic (exact) mass is 480 g/mol. The van der Waals surface area contributed by atoms with Crippen LogP contribution in [0.25, 0.3) is 0 Å². The number of nitrogens with zero attached hydrogens (tertiary/aromatic N) is 1. The van der Waals surface area contributed by atoms with Gasteiger partial charge < -0.3 is 14.6 Å². The van der Waals surface area contributed by atoms with E-state index in [1.165, 1.54) is 0 Å². The van der Waals surface area contributed by atoms with Crippen LogP contribution in [0.2, 0.25) is 0 Å². The van der Waals surface area contributed by atoms with Gasteiger partial charge in [-0.2, -0.15) is 0 Å². The van der Waals surface area contributed by atoms with Crippen molar-refractivity contribution >= 4 is 11.8 Å². The number of nitrogens with one attached hydrogen (secondary N) is 1. The van der Waals surface area contributed by atoms with Gasteiger partial charge in [0, 0.05) is 19.5 Å². The van der Waals surface area contributed by atoms with E-state index in [0.29, 0.717) is 36.6 Å². The number of rotatable bonds is 10. The molecule has 1 heterocycles. The molecule has 1 N–H and O–H groups in total. The zero-order chi connectivity index (χ0) is 25.3. The van der Waals surface area contributed by atoms with Crippen molar-refractivity contribution in [3.63, 3.8) is 0 Å². The number of hydrogen-bond donors (Lipinski definition) is 1. The van der Waals surface area contributed by atoms with Crippen LogP contribution in [0.3, 0.4) is 0 Å². The predicted octanol–water partition coefficient (Wildman–Crippen LogP) is 6.03. The van der Waals surface area contributed by atoms with Crippen LogP contribution in [0.4, 0.5) is 0 Å². The van der Waals surface area contributed by atoms with Gasteiger partial charge in [0.05, 0.1) is 11.6 Å². The third-order valence-electron chi connectivity index (χ3n) is 6.20. The first-order valence-electron chi connectivity index (χ1n) is 12.3. The van der Waals surface area contributed by atoms with Crippen LogP contribution >= 0.6 is 0 Å². The molecule has 0 aliphatic rings. The summed E-state index contributed by atoms with van der Waals surface area (Å²) in [5.41, 5.74) is 3.75. The quantitative estimate of drug-likeness (QED) is 0.301. The Kier molecular flexibility index (Phi) is 8.35. The average Bonchev–Trinajstić information content (AvgIpc) is 3.25. The van der Waals surface area contributed by atoms with Gasteiger partial charge in [0.15, 0.2) is 0 Å².